The normalized spacial score (nSPS) is 26.8. The topological polar surface area (TPSA) is 81.8 Å². The van der Waals surface area contributed by atoms with E-state index in [4.69, 9.17) is 0 Å². The van der Waals surface area contributed by atoms with E-state index in [-0.39, 0.29) is 24.1 Å². The number of hydrogen-bond acceptors (Lipinski definition) is 5. The smallest absolute Gasteiger partial charge is 0.255 e. The third kappa shape index (κ3) is 3.24. The van der Waals surface area contributed by atoms with Crippen LogP contribution in [0, 0.1) is 0 Å². The van der Waals surface area contributed by atoms with Crippen LogP contribution in [0.1, 0.15) is 41.3 Å². The lowest BCUT2D eigenvalue weighted by atomic mass is 10.0. The molecular formula is C19H24N4O3. The van der Waals surface area contributed by atoms with E-state index in [1.54, 1.807) is 4.90 Å². The van der Waals surface area contributed by atoms with Gasteiger partial charge in [-0.05, 0) is 30.5 Å². The monoisotopic (exact) mass is 356 g/mol. The number of nitrogens with zero attached hydrogens (tertiary/aromatic N) is 2. The number of piperidine rings is 1. The number of piperazine rings is 1. The number of benzene rings is 1. The lowest BCUT2D eigenvalue weighted by molar-refractivity contribution is -0.136. The van der Waals surface area contributed by atoms with E-state index >= 15 is 0 Å². The molecule has 2 saturated heterocycles. The Bertz CT molecular complexity index is 763. The largest absolute Gasteiger partial charge is 0.322 e. The number of carbonyl (C=O) groups is 3. The summed E-state index contributed by atoms with van der Waals surface area (Å²) in [5, 5.41) is 5.77. The minimum atomic E-state index is -0.551. The fraction of sp³-hybridized carbons (Fsp3) is 0.526. The first-order valence-corrected chi connectivity index (χ1v) is 9.23. The van der Waals surface area contributed by atoms with E-state index < -0.39 is 6.04 Å². The SMILES string of the molecule is CC1CN(Cc2ccc3c(c2)C(=O)N(C2CCC(=O)NC2=O)C3)CCN1. The number of carbonyl (C=O) groups excluding carboxylic acids is 3. The van der Waals surface area contributed by atoms with Gasteiger partial charge in [0.1, 0.15) is 6.04 Å². The Morgan fingerprint density at radius 1 is 1.23 bits per heavy atom. The number of hydrogen-bond donors (Lipinski definition) is 2. The van der Waals surface area contributed by atoms with E-state index in [2.05, 4.69) is 28.5 Å². The van der Waals surface area contributed by atoms with Gasteiger partial charge in [0.15, 0.2) is 0 Å². The van der Waals surface area contributed by atoms with Gasteiger partial charge in [-0.25, -0.2) is 0 Å². The summed E-state index contributed by atoms with van der Waals surface area (Å²) in [6.07, 6.45) is 0.679. The molecule has 3 amide bonds. The van der Waals surface area contributed by atoms with Crippen LogP contribution in [0.15, 0.2) is 18.2 Å². The molecule has 2 atom stereocenters. The van der Waals surface area contributed by atoms with Crippen LogP contribution < -0.4 is 10.6 Å². The molecule has 138 valence electrons. The first-order valence-electron chi connectivity index (χ1n) is 9.23. The summed E-state index contributed by atoms with van der Waals surface area (Å²) in [5.41, 5.74) is 2.77. The fourth-order valence-electron chi connectivity index (χ4n) is 4.11. The van der Waals surface area contributed by atoms with Crippen molar-refractivity contribution in [2.45, 2.75) is 44.9 Å². The second-order valence-electron chi connectivity index (χ2n) is 7.48. The zero-order valence-electron chi connectivity index (χ0n) is 15.0. The molecule has 1 aromatic carbocycles. The van der Waals surface area contributed by atoms with Crippen LogP contribution >= 0.6 is 0 Å². The van der Waals surface area contributed by atoms with Crippen LogP contribution in [0.25, 0.3) is 0 Å². The molecule has 2 N–H and O–H groups in total. The van der Waals surface area contributed by atoms with Gasteiger partial charge < -0.3 is 10.2 Å². The van der Waals surface area contributed by atoms with E-state index in [1.165, 1.54) is 0 Å². The van der Waals surface area contributed by atoms with Gasteiger partial charge in [0.05, 0.1) is 0 Å². The maximum Gasteiger partial charge on any atom is 0.255 e. The molecule has 0 radical (unpaired) electrons. The zero-order valence-corrected chi connectivity index (χ0v) is 15.0. The van der Waals surface area contributed by atoms with Crippen molar-refractivity contribution in [2.75, 3.05) is 19.6 Å². The highest BCUT2D eigenvalue weighted by atomic mass is 16.2. The predicted molar refractivity (Wildman–Crippen MR) is 95.2 cm³/mol. The third-order valence-corrected chi connectivity index (χ3v) is 5.45. The molecule has 0 spiro atoms. The molecular weight excluding hydrogens is 332 g/mol. The summed E-state index contributed by atoms with van der Waals surface area (Å²) >= 11 is 0. The molecule has 1 aromatic rings. The summed E-state index contributed by atoms with van der Waals surface area (Å²) < 4.78 is 0. The molecule has 0 aromatic heterocycles. The average Bonchev–Trinajstić information content (AvgIpc) is 2.92. The van der Waals surface area contributed by atoms with Crippen LogP contribution in [0.5, 0.6) is 0 Å². The maximum atomic E-state index is 12.9. The van der Waals surface area contributed by atoms with Crippen molar-refractivity contribution in [1.29, 1.82) is 0 Å². The van der Waals surface area contributed by atoms with Gasteiger partial charge in [-0.2, -0.15) is 0 Å². The van der Waals surface area contributed by atoms with Crippen molar-refractivity contribution in [3.63, 3.8) is 0 Å². The standard InChI is InChI=1S/C19H24N4O3/c1-12-9-22(7-6-20-12)10-13-2-3-14-11-23(19(26)15(14)8-13)16-4-5-17(24)21-18(16)25/h2-3,8,12,16,20H,4-7,9-11H2,1H3,(H,21,24,25). The second-order valence-corrected chi connectivity index (χ2v) is 7.48. The maximum absolute atomic E-state index is 12.9. The van der Waals surface area contributed by atoms with Gasteiger partial charge in [0.2, 0.25) is 11.8 Å². The van der Waals surface area contributed by atoms with Crippen molar-refractivity contribution in [3.05, 3.63) is 34.9 Å². The van der Waals surface area contributed by atoms with Crippen molar-refractivity contribution in [3.8, 4) is 0 Å². The first-order chi connectivity index (χ1) is 12.5. The Kier molecular flexibility index (Phi) is 4.50. The molecule has 2 fully saturated rings. The van der Waals surface area contributed by atoms with E-state index in [0.29, 0.717) is 24.6 Å². The number of fused-ring (bicyclic) bond motifs is 1. The second kappa shape index (κ2) is 6.81. The van der Waals surface area contributed by atoms with Gasteiger partial charge in [-0.3, -0.25) is 24.6 Å². The Hall–Kier alpha value is -2.25. The summed E-state index contributed by atoms with van der Waals surface area (Å²) in [6, 6.07) is 5.97. The van der Waals surface area contributed by atoms with Crippen LogP contribution in [0.2, 0.25) is 0 Å². The highest BCUT2D eigenvalue weighted by Gasteiger charge is 2.39. The zero-order chi connectivity index (χ0) is 18.3. The quantitative estimate of drug-likeness (QED) is 0.759. The van der Waals surface area contributed by atoms with Crippen molar-refractivity contribution in [2.24, 2.45) is 0 Å². The summed E-state index contributed by atoms with van der Waals surface area (Å²) in [6.45, 7) is 6.41. The van der Waals surface area contributed by atoms with Crippen LogP contribution in [-0.4, -0.2) is 59.2 Å². The number of nitrogens with one attached hydrogen (secondary N) is 2. The molecule has 3 aliphatic rings. The third-order valence-electron chi connectivity index (χ3n) is 5.45. The average molecular weight is 356 g/mol. The number of rotatable bonds is 3. The molecule has 2 unspecified atom stereocenters. The Morgan fingerprint density at radius 3 is 2.85 bits per heavy atom. The molecule has 0 saturated carbocycles. The molecule has 26 heavy (non-hydrogen) atoms. The first kappa shape index (κ1) is 17.2. The van der Waals surface area contributed by atoms with Crippen LogP contribution in [-0.2, 0) is 22.7 Å². The molecule has 7 nitrogen and oxygen atoms in total. The Morgan fingerprint density at radius 2 is 2.08 bits per heavy atom. The van der Waals surface area contributed by atoms with Gasteiger partial charge in [-0.1, -0.05) is 12.1 Å². The minimum absolute atomic E-state index is 0.106. The molecule has 3 heterocycles. The van der Waals surface area contributed by atoms with E-state index in [1.807, 2.05) is 12.1 Å². The molecule has 0 bridgehead atoms. The van der Waals surface area contributed by atoms with Gasteiger partial charge in [-0.15, -0.1) is 0 Å². The lowest BCUT2D eigenvalue weighted by Crippen LogP contribution is -2.52. The molecule has 3 aliphatic heterocycles. The van der Waals surface area contributed by atoms with Gasteiger partial charge >= 0.3 is 0 Å². The summed E-state index contributed by atoms with van der Waals surface area (Å²) in [4.78, 5) is 40.3. The highest BCUT2D eigenvalue weighted by molar-refractivity contribution is 6.05. The fourth-order valence-corrected chi connectivity index (χ4v) is 4.11. The van der Waals surface area contributed by atoms with Crippen molar-refractivity contribution < 1.29 is 14.4 Å². The minimum Gasteiger partial charge on any atom is -0.322 e. The van der Waals surface area contributed by atoms with Crippen LogP contribution in [0.4, 0.5) is 0 Å². The van der Waals surface area contributed by atoms with Gasteiger partial charge in [0, 0.05) is 50.7 Å². The van der Waals surface area contributed by atoms with Crippen LogP contribution in [0.3, 0.4) is 0 Å². The lowest BCUT2D eigenvalue weighted by Gasteiger charge is -2.31. The molecule has 7 heteroatoms. The van der Waals surface area contributed by atoms with Gasteiger partial charge in [0.25, 0.3) is 5.91 Å². The molecule has 0 aliphatic carbocycles. The molecule has 4 rings (SSSR count). The number of amides is 3. The highest BCUT2D eigenvalue weighted by Crippen LogP contribution is 2.28. The summed E-state index contributed by atoms with van der Waals surface area (Å²) in [5.74, 6) is -0.731. The summed E-state index contributed by atoms with van der Waals surface area (Å²) in [7, 11) is 0. The predicted octanol–water partition coefficient (Wildman–Crippen LogP) is 0.241. The van der Waals surface area contributed by atoms with Crippen molar-refractivity contribution >= 4 is 17.7 Å². The van der Waals surface area contributed by atoms with E-state index in [0.717, 1.165) is 37.3 Å². The van der Waals surface area contributed by atoms with Crippen molar-refractivity contribution in [1.82, 2.24) is 20.4 Å². The Labute approximate surface area is 152 Å². The Balaban J connectivity index is 1.48. The number of imide groups is 1. The van der Waals surface area contributed by atoms with E-state index in [9.17, 15) is 14.4 Å².